The molecule has 0 aliphatic rings. The van der Waals surface area contributed by atoms with Crippen LogP contribution < -0.4 is 5.32 Å². The fourth-order valence-electron chi connectivity index (χ4n) is 2.37. The number of halogens is 1. The Kier molecular flexibility index (Phi) is 4.65. The molecule has 3 aromatic rings. The number of nitrogens with zero attached hydrogens (tertiary/aromatic N) is 1. The SMILES string of the molecule is O=C(CCC(=O)c1ccc(F)cc1)NCc1nc2ccccc2[nH]1. The van der Waals surface area contributed by atoms with Gasteiger partial charge in [0, 0.05) is 18.4 Å². The first-order valence-corrected chi connectivity index (χ1v) is 7.61. The molecular formula is C18H16FN3O2. The number of rotatable bonds is 6. The molecule has 1 amide bonds. The van der Waals surface area contributed by atoms with Crippen molar-refractivity contribution in [2.24, 2.45) is 0 Å². The summed E-state index contributed by atoms with van der Waals surface area (Å²) in [4.78, 5) is 31.3. The second kappa shape index (κ2) is 7.04. The molecule has 0 unspecified atom stereocenters. The fraction of sp³-hybridized carbons (Fsp3) is 0.167. The van der Waals surface area contributed by atoms with E-state index in [1.165, 1.54) is 24.3 Å². The lowest BCUT2D eigenvalue weighted by atomic mass is 10.1. The molecule has 0 bridgehead atoms. The van der Waals surface area contributed by atoms with Gasteiger partial charge in [-0.3, -0.25) is 9.59 Å². The Balaban J connectivity index is 1.48. The summed E-state index contributed by atoms with van der Waals surface area (Å²) in [6.45, 7) is 0.276. The van der Waals surface area contributed by atoms with Gasteiger partial charge in [-0.15, -0.1) is 0 Å². The second-order valence-electron chi connectivity index (χ2n) is 5.41. The van der Waals surface area contributed by atoms with Crippen molar-refractivity contribution >= 4 is 22.7 Å². The van der Waals surface area contributed by atoms with E-state index in [0.717, 1.165) is 11.0 Å². The van der Waals surface area contributed by atoms with Gasteiger partial charge < -0.3 is 10.3 Å². The highest BCUT2D eigenvalue weighted by Crippen LogP contribution is 2.10. The van der Waals surface area contributed by atoms with Crippen LogP contribution in [0.1, 0.15) is 29.0 Å². The highest BCUT2D eigenvalue weighted by atomic mass is 19.1. The fourth-order valence-corrected chi connectivity index (χ4v) is 2.37. The zero-order valence-corrected chi connectivity index (χ0v) is 12.9. The smallest absolute Gasteiger partial charge is 0.220 e. The lowest BCUT2D eigenvalue weighted by Crippen LogP contribution is -2.23. The molecule has 0 saturated carbocycles. The van der Waals surface area contributed by atoms with Crippen molar-refractivity contribution in [3.05, 3.63) is 65.7 Å². The standard InChI is InChI=1S/C18H16FN3O2/c19-13-7-5-12(6-8-13)16(23)9-10-18(24)20-11-17-21-14-3-1-2-4-15(14)22-17/h1-8H,9-11H2,(H,20,24)(H,21,22). The zero-order valence-electron chi connectivity index (χ0n) is 12.9. The van der Waals surface area contributed by atoms with Gasteiger partial charge in [-0.2, -0.15) is 0 Å². The monoisotopic (exact) mass is 325 g/mol. The normalized spacial score (nSPS) is 10.7. The maximum absolute atomic E-state index is 12.8. The van der Waals surface area contributed by atoms with Gasteiger partial charge in [0.1, 0.15) is 11.6 Å². The average Bonchev–Trinajstić information content (AvgIpc) is 3.01. The highest BCUT2D eigenvalue weighted by Gasteiger charge is 2.10. The molecule has 2 aromatic carbocycles. The Morgan fingerprint density at radius 3 is 2.54 bits per heavy atom. The summed E-state index contributed by atoms with van der Waals surface area (Å²) < 4.78 is 12.8. The van der Waals surface area contributed by atoms with Crippen LogP contribution in [0.3, 0.4) is 0 Å². The Hall–Kier alpha value is -3.02. The molecular weight excluding hydrogens is 309 g/mol. The largest absolute Gasteiger partial charge is 0.349 e. The molecule has 1 heterocycles. The van der Waals surface area contributed by atoms with Crippen LogP contribution in [-0.4, -0.2) is 21.7 Å². The number of H-pyrrole nitrogens is 1. The molecule has 3 rings (SSSR count). The number of carbonyl (C=O) groups is 2. The van der Waals surface area contributed by atoms with Crippen molar-refractivity contribution in [3.63, 3.8) is 0 Å². The van der Waals surface area contributed by atoms with Gasteiger partial charge in [0.15, 0.2) is 5.78 Å². The lowest BCUT2D eigenvalue weighted by molar-refractivity contribution is -0.121. The Labute approximate surface area is 137 Å². The van der Waals surface area contributed by atoms with Gasteiger partial charge in [0.05, 0.1) is 17.6 Å². The zero-order chi connectivity index (χ0) is 16.9. The van der Waals surface area contributed by atoms with E-state index in [2.05, 4.69) is 15.3 Å². The number of aromatic amines is 1. The van der Waals surface area contributed by atoms with Gasteiger partial charge in [0.25, 0.3) is 0 Å². The van der Waals surface area contributed by atoms with E-state index in [9.17, 15) is 14.0 Å². The minimum atomic E-state index is -0.393. The second-order valence-corrected chi connectivity index (χ2v) is 5.41. The number of benzene rings is 2. The van der Waals surface area contributed by atoms with Gasteiger partial charge in [-0.25, -0.2) is 9.37 Å². The third-order valence-corrected chi connectivity index (χ3v) is 3.64. The number of imidazole rings is 1. The molecule has 0 spiro atoms. The number of hydrogen-bond acceptors (Lipinski definition) is 3. The predicted octanol–water partition coefficient (Wildman–Crippen LogP) is 2.98. The van der Waals surface area contributed by atoms with Gasteiger partial charge in [0.2, 0.25) is 5.91 Å². The highest BCUT2D eigenvalue weighted by molar-refractivity contribution is 5.97. The van der Waals surface area contributed by atoms with Crippen molar-refractivity contribution < 1.29 is 14.0 Å². The van der Waals surface area contributed by atoms with Crippen molar-refractivity contribution in [1.82, 2.24) is 15.3 Å². The Bertz CT molecular complexity index is 838. The molecule has 0 fully saturated rings. The van der Waals surface area contributed by atoms with E-state index in [1.54, 1.807) is 0 Å². The molecule has 5 nitrogen and oxygen atoms in total. The van der Waals surface area contributed by atoms with Crippen LogP contribution in [0.5, 0.6) is 0 Å². The number of amides is 1. The Morgan fingerprint density at radius 1 is 1.04 bits per heavy atom. The summed E-state index contributed by atoms with van der Waals surface area (Å²) in [5.74, 6) is -0.149. The maximum atomic E-state index is 12.8. The molecule has 24 heavy (non-hydrogen) atoms. The van der Waals surface area contributed by atoms with Crippen molar-refractivity contribution in [2.75, 3.05) is 0 Å². The van der Waals surface area contributed by atoms with Crippen molar-refractivity contribution in [1.29, 1.82) is 0 Å². The third kappa shape index (κ3) is 3.84. The Morgan fingerprint density at radius 2 is 1.79 bits per heavy atom. The molecule has 0 aliphatic heterocycles. The molecule has 0 aliphatic carbocycles. The third-order valence-electron chi connectivity index (χ3n) is 3.64. The van der Waals surface area contributed by atoms with Gasteiger partial charge in [-0.1, -0.05) is 12.1 Å². The van der Waals surface area contributed by atoms with Crippen LogP contribution in [0.15, 0.2) is 48.5 Å². The first kappa shape index (κ1) is 15.9. The first-order chi connectivity index (χ1) is 11.6. The first-order valence-electron chi connectivity index (χ1n) is 7.61. The van der Waals surface area contributed by atoms with Crippen LogP contribution in [0.25, 0.3) is 11.0 Å². The summed E-state index contributed by atoms with van der Waals surface area (Å²) in [6, 6.07) is 12.9. The lowest BCUT2D eigenvalue weighted by Gasteiger charge is -2.03. The number of hydrogen-bond donors (Lipinski definition) is 2. The van der Waals surface area contributed by atoms with Crippen LogP contribution in [0.2, 0.25) is 0 Å². The van der Waals surface area contributed by atoms with E-state index in [-0.39, 0.29) is 31.1 Å². The summed E-state index contributed by atoms with van der Waals surface area (Å²) in [5.41, 5.74) is 2.16. The molecule has 122 valence electrons. The van der Waals surface area contributed by atoms with Crippen LogP contribution in [-0.2, 0) is 11.3 Å². The maximum Gasteiger partial charge on any atom is 0.220 e. The molecule has 2 N–H and O–H groups in total. The summed E-state index contributed by atoms with van der Waals surface area (Å²) in [6.07, 6.45) is 0.161. The molecule has 0 atom stereocenters. The summed E-state index contributed by atoms with van der Waals surface area (Å²) in [5, 5.41) is 2.73. The van der Waals surface area contributed by atoms with Gasteiger partial charge in [-0.05, 0) is 36.4 Å². The minimum Gasteiger partial charge on any atom is -0.349 e. The van der Waals surface area contributed by atoms with Gasteiger partial charge >= 0.3 is 0 Å². The number of ketones is 1. The van der Waals surface area contributed by atoms with E-state index >= 15 is 0 Å². The number of nitrogens with one attached hydrogen (secondary N) is 2. The number of carbonyl (C=O) groups excluding carboxylic acids is 2. The van der Waals surface area contributed by atoms with E-state index < -0.39 is 5.82 Å². The molecule has 6 heteroatoms. The topological polar surface area (TPSA) is 74.8 Å². The number of aromatic nitrogens is 2. The van der Waals surface area contributed by atoms with E-state index in [0.29, 0.717) is 11.4 Å². The minimum absolute atomic E-state index is 0.0798. The van der Waals surface area contributed by atoms with Crippen molar-refractivity contribution in [2.45, 2.75) is 19.4 Å². The van der Waals surface area contributed by atoms with Crippen LogP contribution in [0, 0.1) is 5.82 Å². The average molecular weight is 325 g/mol. The quantitative estimate of drug-likeness (QED) is 0.684. The van der Waals surface area contributed by atoms with Crippen LogP contribution in [0.4, 0.5) is 4.39 Å². The molecule has 0 saturated heterocycles. The predicted molar refractivity (Wildman–Crippen MR) is 87.9 cm³/mol. The number of fused-ring (bicyclic) bond motifs is 1. The number of Topliss-reactive ketones (excluding diaryl/α,β-unsaturated/α-hetero) is 1. The summed E-state index contributed by atoms with van der Waals surface area (Å²) >= 11 is 0. The van der Waals surface area contributed by atoms with Crippen LogP contribution >= 0.6 is 0 Å². The number of para-hydroxylation sites is 2. The molecule has 1 aromatic heterocycles. The van der Waals surface area contributed by atoms with E-state index in [4.69, 9.17) is 0 Å². The summed E-state index contributed by atoms with van der Waals surface area (Å²) in [7, 11) is 0. The molecule has 0 radical (unpaired) electrons. The van der Waals surface area contributed by atoms with Crippen molar-refractivity contribution in [3.8, 4) is 0 Å². The van der Waals surface area contributed by atoms with E-state index in [1.807, 2.05) is 24.3 Å².